The lowest BCUT2D eigenvalue weighted by Gasteiger charge is -2.00. The van der Waals surface area contributed by atoms with E-state index in [9.17, 15) is 0 Å². The maximum absolute atomic E-state index is 5.78. The molecule has 0 fully saturated rings. The standard InChI is InChI=1S/C13H12N4O2/c1-7-4-3-5-8-6-9(19-10(7)8)11-15-12(14)17-13(16-11)18-2/h3-6H,1-2H3,(H2,14,15,16,17). The highest BCUT2D eigenvalue weighted by atomic mass is 16.5. The lowest BCUT2D eigenvalue weighted by Crippen LogP contribution is -2.02. The predicted molar refractivity (Wildman–Crippen MR) is 70.7 cm³/mol. The number of aromatic nitrogens is 3. The third-order valence-electron chi connectivity index (χ3n) is 2.78. The summed E-state index contributed by atoms with van der Waals surface area (Å²) >= 11 is 0. The number of methoxy groups -OCH3 is 1. The van der Waals surface area contributed by atoms with Gasteiger partial charge < -0.3 is 14.9 Å². The molecule has 96 valence electrons. The predicted octanol–water partition coefficient (Wildman–Crippen LogP) is 2.18. The molecule has 2 heterocycles. The highest BCUT2D eigenvalue weighted by Gasteiger charge is 2.13. The first-order valence-electron chi connectivity index (χ1n) is 5.72. The molecule has 6 nitrogen and oxygen atoms in total. The van der Waals surface area contributed by atoms with Crippen LogP contribution >= 0.6 is 0 Å². The van der Waals surface area contributed by atoms with Crippen LogP contribution in [0.2, 0.25) is 0 Å². The van der Waals surface area contributed by atoms with Crippen molar-refractivity contribution in [2.75, 3.05) is 12.8 Å². The average Bonchev–Trinajstić information content (AvgIpc) is 2.83. The third-order valence-corrected chi connectivity index (χ3v) is 2.78. The fourth-order valence-corrected chi connectivity index (χ4v) is 1.89. The minimum absolute atomic E-state index is 0.0963. The van der Waals surface area contributed by atoms with E-state index in [1.54, 1.807) is 0 Å². The van der Waals surface area contributed by atoms with Crippen molar-refractivity contribution in [3.8, 4) is 17.6 Å². The molecule has 0 saturated heterocycles. The number of ether oxygens (including phenoxy) is 1. The summed E-state index contributed by atoms with van der Waals surface area (Å²) in [5.74, 6) is 0.996. The highest BCUT2D eigenvalue weighted by Crippen LogP contribution is 2.28. The van der Waals surface area contributed by atoms with Gasteiger partial charge in [0.25, 0.3) is 0 Å². The van der Waals surface area contributed by atoms with Gasteiger partial charge in [-0.05, 0) is 18.6 Å². The molecular formula is C13H12N4O2. The van der Waals surface area contributed by atoms with Crippen LogP contribution in [0.1, 0.15) is 5.56 Å². The van der Waals surface area contributed by atoms with Gasteiger partial charge in [0.1, 0.15) is 5.58 Å². The largest absolute Gasteiger partial charge is 0.467 e. The molecule has 2 N–H and O–H groups in total. The summed E-state index contributed by atoms with van der Waals surface area (Å²) in [6.45, 7) is 1.98. The van der Waals surface area contributed by atoms with Crippen LogP contribution in [0.25, 0.3) is 22.6 Å². The van der Waals surface area contributed by atoms with Gasteiger partial charge in [0.2, 0.25) is 11.8 Å². The summed E-state index contributed by atoms with van der Waals surface area (Å²) in [5, 5.41) is 0.993. The van der Waals surface area contributed by atoms with Crippen molar-refractivity contribution < 1.29 is 9.15 Å². The van der Waals surface area contributed by atoms with Gasteiger partial charge in [-0.3, -0.25) is 0 Å². The summed E-state index contributed by atoms with van der Waals surface area (Å²) in [6.07, 6.45) is 0. The summed E-state index contributed by atoms with van der Waals surface area (Å²) in [7, 11) is 1.47. The molecule has 0 unspecified atom stereocenters. The van der Waals surface area contributed by atoms with Gasteiger partial charge in [0.15, 0.2) is 5.76 Å². The lowest BCUT2D eigenvalue weighted by atomic mass is 10.2. The third kappa shape index (κ3) is 1.97. The van der Waals surface area contributed by atoms with Crippen LogP contribution in [0.4, 0.5) is 5.95 Å². The van der Waals surface area contributed by atoms with E-state index in [-0.39, 0.29) is 12.0 Å². The molecule has 3 rings (SSSR count). The van der Waals surface area contributed by atoms with Crippen LogP contribution in [0.5, 0.6) is 6.01 Å². The minimum atomic E-state index is 0.0963. The molecule has 0 aliphatic rings. The normalized spacial score (nSPS) is 10.8. The van der Waals surface area contributed by atoms with Gasteiger partial charge in [-0.25, -0.2) is 0 Å². The highest BCUT2D eigenvalue weighted by molar-refractivity contribution is 5.84. The fraction of sp³-hybridized carbons (Fsp3) is 0.154. The Hall–Kier alpha value is -2.63. The molecule has 19 heavy (non-hydrogen) atoms. The number of anilines is 1. The van der Waals surface area contributed by atoms with Crippen molar-refractivity contribution in [2.45, 2.75) is 6.92 Å². The number of fused-ring (bicyclic) bond motifs is 1. The Kier molecular flexibility index (Phi) is 2.56. The Labute approximate surface area is 109 Å². The monoisotopic (exact) mass is 256 g/mol. The fourth-order valence-electron chi connectivity index (χ4n) is 1.89. The first-order chi connectivity index (χ1) is 9.17. The number of benzene rings is 1. The number of para-hydroxylation sites is 1. The molecule has 0 spiro atoms. The van der Waals surface area contributed by atoms with Crippen molar-refractivity contribution in [3.63, 3.8) is 0 Å². The van der Waals surface area contributed by atoms with Crippen LogP contribution < -0.4 is 10.5 Å². The van der Waals surface area contributed by atoms with E-state index in [1.807, 2.05) is 31.2 Å². The van der Waals surface area contributed by atoms with E-state index in [0.717, 1.165) is 16.5 Å². The molecule has 0 atom stereocenters. The van der Waals surface area contributed by atoms with Crippen LogP contribution in [0.3, 0.4) is 0 Å². The van der Waals surface area contributed by atoms with E-state index in [2.05, 4.69) is 15.0 Å². The van der Waals surface area contributed by atoms with E-state index in [1.165, 1.54) is 7.11 Å². The molecule has 1 aromatic carbocycles. The zero-order chi connectivity index (χ0) is 13.4. The summed E-state index contributed by atoms with van der Waals surface area (Å²) in [4.78, 5) is 12.0. The van der Waals surface area contributed by atoms with Crippen LogP contribution in [0, 0.1) is 6.92 Å². The number of aryl methyl sites for hydroxylation is 1. The van der Waals surface area contributed by atoms with Crippen LogP contribution in [0.15, 0.2) is 28.7 Å². The van der Waals surface area contributed by atoms with Crippen molar-refractivity contribution >= 4 is 16.9 Å². The number of hydrogen-bond acceptors (Lipinski definition) is 6. The van der Waals surface area contributed by atoms with Crippen LogP contribution in [-0.4, -0.2) is 22.1 Å². The molecule has 0 aliphatic heterocycles. The van der Waals surface area contributed by atoms with E-state index in [0.29, 0.717) is 11.6 Å². The topological polar surface area (TPSA) is 87.1 Å². The van der Waals surface area contributed by atoms with E-state index in [4.69, 9.17) is 14.9 Å². The SMILES string of the molecule is COc1nc(N)nc(-c2cc3cccc(C)c3o2)n1. The quantitative estimate of drug-likeness (QED) is 0.756. The number of nitrogen functional groups attached to an aromatic ring is 1. The Morgan fingerprint density at radius 2 is 2.05 bits per heavy atom. The van der Waals surface area contributed by atoms with E-state index < -0.39 is 0 Å². The molecule has 0 radical (unpaired) electrons. The van der Waals surface area contributed by atoms with Crippen molar-refractivity contribution in [1.29, 1.82) is 0 Å². The van der Waals surface area contributed by atoms with Crippen molar-refractivity contribution in [1.82, 2.24) is 15.0 Å². The first-order valence-corrected chi connectivity index (χ1v) is 5.72. The Morgan fingerprint density at radius 3 is 2.79 bits per heavy atom. The first kappa shape index (κ1) is 11.5. The lowest BCUT2D eigenvalue weighted by molar-refractivity contribution is 0.379. The Balaban J connectivity index is 2.19. The Bertz CT molecular complexity index is 751. The molecule has 3 aromatic rings. The Morgan fingerprint density at radius 1 is 1.21 bits per heavy atom. The second-order valence-corrected chi connectivity index (χ2v) is 4.11. The van der Waals surface area contributed by atoms with Crippen LogP contribution in [-0.2, 0) is 0 Å². The molecule has 2 aromatic heterocycles. The van der Waals surface area contributed by atoms with Gasteiger partial charge in [-0.2, -0.15) is 15.0 Å². The average molecular weight is 256 g/mol. The van der Waals surface area contributed by atoms with Crippen molar-refractivity contribution in [3.05, 3.63) is 29.8 Å². The summed E-state index contributed by atoms with van der Waals surface area (Å²) in [5.41, 5.74) is 7.48. The second-order valence-electron chi connectivity index (χ2n) is 4.11. The molecular weight excluding hydrogens is 244 g/mol. The van der Waals surface area contributed by atoms with Gasteiger partial charge in [-0.15, -0.1) is 0 Å². The molecule has 0 amide bonds. The minimum Gasteiger partial charge on any atom is -0.467 e. The summed E-state index contributed by atoms with van der Waals surface area (Å²) in [6, 6.07) is 7.96. The van der Waals surface area contributed by atoms with Crippen molar-refractivity contribution in [2.24, 2.45) is 0 Å². The number of hydrogen-bond donors (Lipinski definition) is 1. The number of rotatable bonds is 2. The number of nitrogens with zero attached hydrogens (tertiary/aromatic N) is 3. The second kappa shape index (κ2) is 4.24. The smallest absolute Gasteiger partial charge is 0.321 e. The number of furan rings is 1. The molecule has 0 aliphatic carbocycles. The van der Waals surface area contributed by atoms with Gasteiger partial charge in [-0.1, -0.05) is 18.2 Å². The van der Waals surface area contributed by atoms with E-state index >= 15 is 0 Å². The van der Waals surface area contributed by atoms with Gasteiger partial charge in [0.05, 0.1) is 7.11 Å². The molecule has 0 bridgehead atoms. The summed E-state index contributed by atoms with van der Waals surface area (Å²) < 4.78 is 10.7. The number of nitrogens with two attached hydrogens (primary N) is 1. The molecule has 6 heteroatoms. The zero-order valence-corrected chi connectivity index (χ0v) is 10.5. The maximum atomic E-state index is 5.78. The van der Waals surface area contributed by atoms with Gasteiger partial charge >= 0.3 is 6.01 Å². The zero-order valence-electron chi connectivity index (χ0n) is 10.5. The van der Waals surface area contributed by atoms with Gasteiger partial charge in [0, 0.05) is 5.39 Å². The maximum Gasteiger partial charge on any atom is 0.321 e. The molecule has 0 saturated carbocycles.